The lowest BCUT2D eigenvalue weighted by Crippen LogP contribution is -2.16. The van der Waals surface area contributed by atoms with Crippen LogP contribution in [0.25, 0.3) is 0 Å². The molecule has 21 heavy (non-hydrogen) atoms. The summed E-state index contributed by atoms with van der Waals surface area (Å²) in [5.74, 6) is -3.71. The van der Waals surface area contributed by atoms with E-state index in [1.54, 1.807) is 0 Å². The molecule has 2 aromatic carbocycles. The maximum Gasteiger partial charge on any atom is 0.337 e. The van der Waals surface area contributed by atoms with Gasteiger partial charge in [-0.3, -0.25) is 4.79 Å². The molecule has 0 saturated carbocycles. The average molecular weight is 290 g/mol. The van der Waals surface area contributed by atoms with Crippen LogP contribution in [0.5, 0.6) is 5.75 Å². The van der Waals surface area contributed by atoms with Gasteiger partial charge in [0.05, 0.1) is 11.3 Å². The Hall–Kier alpha value is -3.09. The van der Waals surface area contributed by atoms with Crippen molar-refractivity contribution in [2.75, 3.05) is 11.1 Å². The molecule has 0 aliphatic rings. The van der Waals surface area contributed by atoms with Crippen molar-refractivity contribution in [2.24, 2.45) is 0 Å². The topological polar surface area (TPSA) is 113 Å². The van der Waals surface area contributed by atoms with Gasteiger partial charge in [0.25, 0.3) is 5.91 Å². The van der Waals surface area contributed by atoms with Crippen LogP contribution in [0.2, 0.25) is 0 Å². The molecule has 2 rings (SSSR count). The molecule has 0 atom stereocenters. The van der Waals surface area contributed by atoms with Gasteiger partial charge in [0.1, 0.15) is 17.1 Å². The molecule has 0 fully saturated rings. The lowest BCUT2D eigenvalue weighted by molar-refractivity contribution is 0.0698. The van der Waals surface area contributed by atoms with Crippen LogP contribution in [0.3, 0.4) is 0 Å². The Balaban J connectivity index is 2.39. The lowest BCUT2D eigenvalue weighted by atomic mass is 10.1. The van der Waals surface area contributed by atoms with Crippen LogP contribution < -0.4 is 11.1 Å². The second kappa shape index (κ2) is 5.49. The van der Waals surface area contributed by atoms with E-state index in [1.165, 1.54) is 24.3 Å². The van der Waals surface area contributed by atoms with Gasteiger partial charge >= 0.3 is 5.97 Å². The zero-order valence-electron chi connectivity index (χ0n) is 10.6. The predicted octanol–water partition coefficient (Wildman–Crippen LogP) is 2.06. The van der Waals surface area contributed by atoms with Gasteiger partial charge in [-0.2, -0.15) is 0 Å². The number of aromatic carboxylic acids is 1. The van der Waals surface area contributed by atoms with Crippen molar-refractivity contribution < 1.29 is 24.2 Å². The van der Waals surface area contributed by atoms with E-state index >= 15 is 0 Å². The van der Waals surface area contributed by atoms with Crippen molar-refractivity contribution >= 4 is 23.3 Å². The molecule has 0 aromatic heterocycles. The maximum absolute atomic E-state index is 13.6. The van der Waals surface area contributed by atoms with E-state index in [4.69, 9.17) is 10.8 Å². The Kier molecular flexibility index (Phi) is 3.75. The van der Waals surface area contributed by atoms with Gasteiger partial charge in [-0.15, -0.1) is 0 Å². The van der Waals surface area contributed by atoms with E-state index in [0.717, 1.165) is 12.1 Å². The summed E-state index contributed by atoms with van der Waals surface area (Å²) in [5.41, 5.74) is 4.83. The first-order valence-electron chi connectivity index (χ1n) is 5.82. The van der Waals surface area contributed by atoms with Crippen molar-refractivity contribution in [1.82, 2.24) is 0 Å². The van der Waals surface area contributed by atoms with Crippen LogP contribution in [0.4, 0.5) is 15.8 Å². The minimum absolute atomic E-state index is 0.0515. The number of benzene rings is 2. The minimum atomic E-state index is -1.30. The number of nitrogens with two attached hydrogens (primary N) is 1. The molecule has 108 valence electrons. The zero-order chi connectivity index (χ0) is 15.6. The molecule has 0 aliphatic carbocycles. The van der Waals surface area contributed by atoms with E-state index in [1.807, 2.05) is 0 Å². The zero-order valence-corrected chi connectivity index (χ0v) is 10.6. The molecule has 0 radical (unpaired) electrons. The Morgan fingerprint density at radius 3 is 2.52 bits per heavy atom. The number of phenols is 1. The molecule has 0 unspecified atom stereocenters. The average Bonchev–Trinajstić information content (AvgIpc) is 2.40. The van der Waals surface area contributed by atoms with Gasteiger partial charge in [-0.25, -0.2) is 9.18 Å². The third kappa shape index (κ3) is 2.92. The molecule has 0 bridgehead atoms. The normalized spacial score (nSPS) is 10.1. The summed E-state index contributed by atoms with van der Waals surface area (Å²) in [7, 11) is 0. The van der Waals surface area contributed by atoms with Gasteiger partial charge < -0.3 is 21.3 Å². The Morgan fingerprint density at radius 2 is 1.90 bits per heavy atom. The summed E-state index contributed by atoms with van der Waals surface area (Å²) in [6, 6.07) is 7.25. The minimum Gasteiger partial charge on any atom is -0.507 e. The molecule has 0 saturated heterocycles. The molecule has 1 amide bonds. The highest BCUT2D eigenvalue weighted by Crippen LogP contribution is 2.24. The number of anilines is 2. The summed E-state index contributed by atoms with van der Waals surface area (Å²) in [4.78, 5) is 23.1. The second-order valence-electron chi connectivity index (χ2n) is 4.20. The fourth-order valence-corrected chi connectivity index (χ4v) is 1.77. The first-order valence-corrected chi connectivity index (χ1v) is 5.82. The Morgan fingerprint density at radius 1 is 1.19 bits per heavy atom. The Bertz CT molecular complexity index is 711. The first kappa shape index (κ1) is 14.3. The molecule has 6 nitrogen and oxygen atoms in total. The number of carboxylic acid groups (broad SMARTS) is 1. The number of carbonyl (C=O) groups is 2. The van der Waals surface area contributed by atoms with E-state index in [9.17, 15) is 19.1 Å². The maximum atomic E-state index is 13.6. The molecule has 2 aromatic rings. The fraction of sp³-hybridized carbons (Fsp3) is 0. The lowest BCUT2D eigenvalue weighted by Gasteiger charge is -2.10. The molecule has 0 spiro atoms. The van der Waals surface area contributed by atoms with Gasteiger partial charge in [0, 0.05) is 5.69 Å². The van der Waals surface area contributed by atoms with Gasteiger partial charge in [-0.05, 0) is 30.3 Å². The van der Waals surface area contributed by atoms with Crippen LogP contribution in [0.15, 0.2) is 36.4 Å². The largest absolute Gasteiger partial charge is 0.507 e. The molecular formula is C14H11FN2O4. The van der Waals surface area contributed by atoms with Gasteiger partial charge in [0.2, 0.25) is 0 Å². The number of nitrogen functional groups attached to an aromatic ring is 1. The number of hydrogen-bond acceptors (Lipinski definition) is 4. The number of nitrogens with one attached hydrogen (secondary N) is 1. The van der Waals surface area contributed by atoms with Crippen molar-refractivity contribution in [3.8, 4) is 5.75 Å². The van der Waals surface area contributed by atoms with E-state index in [-0.39, 0.29) is 16.9 Å². The second-order valence-corrected chi connectivity index (χ2v) is 4.20. The van der Waals surface area contributed by atoms with Crippen LogP contribution in [0, 0.1) is 5.82 Å². The molecular weight excluding hydrogens is 279 g/mol. The summed E-state index contributed by atoms with van der Waals surface area (Å²) in [6.07, 6.45) is 0. The summed E-state index contributed by atoms with van der Waals surface area (Å²) in [5, 5.41) is 20.8. The smallest absolute Gasteiger partial charge is 0.337 e. The molecule has 5 N–H and O–H groups in total. The van der Waals surface area contributed by atoms with E-state index < -0.39 is 29.0 Å². The number of amides is 1. The summed E-state index contributed by atoms with van der Waals surface area (Å²) in [6.45, 7) is 0. The highest BCUT2D eigenvalue weighted by Gasteiger charge is 2.19. The number of rotatable bonds is 3. The molecule has 0 heterocycles. The fourth-order valence-electron chi connectivity index (χ4n) is 1.77. The number of aromatic hydroxyl groups is 1. The number of carboxylic acids is 1. The monoisotopic (exact) mass is 290 g/mol. The molecule has 0 aliphatic heterocycles. The van der Waals surface area contributed by atoms with Gasteiger partial charge in [0.15, 0.2) is 0 Å². The number of hydrogen-bond donors (Lipinski definition) is 4. The molecule has 7 heteroatoms. The van der Waals surface area contributed by atoms with E-state index in [0.29, 0.717) is 0 Å². The number of halogens is 1. The SMILES string of the molecule is Nc1ccc(NC(=O)c2c(O)cccc2F)c(C(=O)O)c1. The van der Waals surface area contributed by atoms with Crippen molar-refractivity contribution in [1.29, 1.82) is 0 Å². The third-order valence-electron chi connectivity index (χ3n) is 2.74. The van der Waals surface area contributed by atoms with Crippen LogP contribution in [-0.2, 0) is 0 Å². The van der Waals surface area contributed by atoms with Crippen molar-refractivity contribution in [3.63, 3.8) is 0 Å². The summed E-state index contributed by atoms with van der Waals surface area (Å²) >= 11 is 0. The quantitative estimate of drug-likeness (QED) is 0.646. The van der Waals surface area contributed by atoms with Crippen LogP contribution in [0.1, 0.15) is 20.7 Å². The first-order chi connectivity index (χ1) is 9.90. The van der Waals surface area contributed by atoms with Gasteiger partial charge in [-0.1, -0.05) is 6.07 Å². The highest BCUT2D eigenvalue weighted by molar-refractivity contribution is 6.09. The van der Waals surface area contributed by atoms with Crippen molar-refractivity contribution in [3.05, 3.63) is 53.3 Å². The van der Waals surface area contributed by atoms with Crippen molar-refractivity contribution in [2.45, 2.75) is 0 Å². The standard InChI is InChI=1S/C14H11FN2O4/c15-9-2-1-3-11(18)12(9)13(19)17-10-5-4-7(16)6-8(10)14(20)21/h1-6,18H,16H2,(H,17,19)(H,20,21). The number of phenolic OH excluding ortho intramolecular Hbond substituents is 1. The highest BCUT2D eigenvalue weighted by atomic mass is 19.1. The van der Waals surface area contributed by atoms with Crippen LogP contribution >= 0.6 is 0 Å². The Labute approximate surface area is 118 Å². The van der Waals surface area contributed by atoms with Crippen LogP contribution in [-0.4, -0.2) is 22.1 Å². The summed E-state index contributed by atoms with van der Waals surface area (Å²) < 4.78 is 13.6. The van der Waals surface area contributed by atoms with E-state index in [2.05, 4.69) is 5.32 Å². The number of carbonyl (C=O) groups excluding carboxylic acids is 1. The predicted molar refractivity (Wildman–Crippen MR) is 73.8 cm³/mol. The third-order valence-corrected chi connectivity index (χ3v) is 2.74.